The summed E-state index contributed by atoms with van der Waals surface area (Å²) in [4.78, 5) is 12.6. The molecule has 0 heterocycles. The van der Waals surface area contributed by atoms with E-state index in [0.29, 0.717) is 22.2 Å². The Bertz CT molecular complexity index is 932. The van der Waals surface area contributed by atoms with Crippen molar-refractivity contribution in [1.29, 1.82) is 0 Å². The van der Waals surface area contributed by atoms with Gasteiger partial charge in [0.25, 0.3) is 5.91 Å². The summed E-state index contributed by atoms with van der Waals surface area (Å²) in [5.74, 6) is 0.293. The minimum Gasteiger partial charge on any atom is -0.495 e. The fourth-order valence-electron chi connectivity index (χ4n) is 2.30. The molecular formula is C18H21ClN2O6S. The van der Waals surface area contributed by atoms with E-state index in [4.69, 9.17) is 25.8 Å². The number of rotatable bonds is 9. The van der Waals surface area contributed by atoms with Crippen molar-refractivity contribution in [2.24, 2.45) is 0 Å². The number of halogens is 1. The van der Waals surface area contributed by atoms with Crippen LogP contribution in [-0.2, 0) is 14.8 Å². The fraction of sp³-hybridized carbons (Fsp3) is 0.278. The number of anilines is 1. The summed E-state index contributed by atoms with van der Waals surface area (Å²) in [6, 6.07) is 8.60. The van der Waals surface area contributed by atoms with Gasteiger partial charge in [-0.05, 0) is 24.3 Å². The molecule has 0 saturated carbocycles. The van der Waals surface area contributed by atoms with Crippen molar-refractivity contribution < 1.29 is 27.4 Å². The number of benzene rings is 2. The van der Waals surface area contributed by atoms with Crippen LogP contribution in [0.4, 0.5) is 5.69 Å². The van der Waals surface area contributed by atoms with Crippen molar-refractivity contribution in [2.45, 2.75) is 4.90 Å². The van der Waals surface area contributed by atoms with Crippen LogP contribution in [0.15, 0.2) is 41.3 Å². The molecule has 2 rings (SSSR count). The molecule has 2 N–H and O–H groups in total. The highest BCUT2D eigenvalue weighted by Crippen LogP contribution is 2.36. The molecule has 28 heavy (non-hydrogen) atoms. The smallest absolute Gasteiger partial charge is 0.255 e. The standard InChI is InChI=1S/C18H21ClN2O6S/c1-25-9-8-20-28(23,24)13-6-4-12(5-7-13)18(22)21-15-11-16(26-2)14(19)10-17(15)27-3/h4-7,10-11,20H,8-9H2,1-3H3,(H,21,22). The molecule has 0 atom stereocenters. The summed E-state index contributed by atoms with van der Waals surface area (Å²) in [7, 11) is 0.714. The first-order chi connectivity index (χ1) is 13.3. The van der Waals surface area contributed by atoms with Crippen LogP contribution in [0.3, 0.4) is 0 Å². The maximum Gasteiger partial charge on any atom is 0.255 e. The molecule has 0 saturated heterocycles. The van der Waals surface area contributed by atoms with Crippen molar-refractivity contribution in [2.75, 3.05) is 39.8 Å². The van der Waals surface area contributed by atoms with Crippen LogP contribution in [0.5, 0.6) is 11.5 Å². The third kappa shape index (κ3) is 5.35. The predicted octanol–water partition coefficient (Wildman–Crippen LogP) is 2.53. The molecule has 0 radical (unpaired) electrons. The minimum atomic E-state index is -3.67. The van der Waals surface area contributed by atoms with Crippen LogP contribution in [0.1, 0.15) is 10.4 Å². The van der Waals surface area contributed by atoms with Crippen LogP contribution in [0.25, 0.3) is 0 Å². The Morgan fingerprint density at radius 2 is 1.68 bits per heavy atom. The predicted molar refractivity (Wildman–Crippen MR) is 106 cm³/mol. The van der Waals surface area contributed by atoms with E-state index in [0.717, 1.165) is 0 Å². The van der Waals surface area contributed by atoms with Crippen LogP contribution >= 0.6 is 11.6 Å². The summed E-state index contributed by atoms with van der Waals surface area (Å²) in [6.45, 7) is 0.408. The first-order valence-electron chi connectivity index (χ1n) is 8.14. The summed E-state index contributed by atoms with van der Waals surface area (Å²) in [5, 5.41) is 3.04. The molecule has 0 spiro atoms. The molecule has 10 heteroatoms. The van der Waals surface area contributed by atoms with Crippen LogP contribution in [0.2, 0.25) is 5.02 Å². The molecule has 152 valence electrons. The van der Waals surface area contributed by atoms with Gasteiger partial charge in [-0.1, -0.05) is 11.6 Å². The molecule has 8 nitrogen and oxygen atoms in total. The van der Waals surface area contributed by atoms with Gasteiger partial charge in [-0.3, -0.25) is 4.79 Å². The van der Waals surface area contributed by atoms with Gasteiger partial charge in [-0.2, -0.15) is 0 Å². The lowest BCUT2D eigenvalue weighted by atomic mass is 10.2. The first-order valence-corrected chi connectivity index (χ1v) is 10.00. The van der Waals surface area contributed by atoms with Gasteiger partial charge >= 0.3 is 0 Å². The fourth-order valence-corrected chi connectivity index (χ4v) is 3.54. The monoisotopic (exact) mass is 428 g/mol. The van der Waals surface area contributed by atoms with Crippen LogP contribution in [-0.4, -0.2) is 48.8 Å². The molecule has 0 aromatic heterocycles. The maximum absolute atomic E-state index is 12.5. The number of carbonyl (C=O) groups is 1. The van der Waals surface area contributed by atoms with E-state index in [1.807, 2.05) is 0 Å². The van der Waals surface area contributed by atoms with Gasteiger partial charge in [0.2, 0.25) is 10.0 Å². The average Bonchev–Trinajstić information content (AvgIpc) is 2.69. The van der Waals surface area contributed by atoms with Crippen LogP contribution < -0.4 is 19.5 Å². The average molecular weight is 429 g/mol. The number of sulfonamides is 1. The zero-order valence-electron chi connectivity index (χ0n) is 15.6. The Balaban J connectivity index is 2.18. The van der Waals surface area contributed by atoms with E-state index < -0.39 is 15.9 Å². The summed E-state index contributed by atoms with van der Waals surface area (Å²) in [5.41, 5.74) is 0.637. The van der Waals surface area contributed by atoms with Gasteiger partial charge in [0.15, 0.2) is 0 Å². The van der Waals surface area contributed by atoms with Gasteiger partial charge < -0.3 is 19.5 Å². The van der Waals surface area contributed by atoms with Gasteiger partial charge in [0.05, 0.1) is 36.4 Å². The molecule has 1 amide bonds. The second kappa shape index (κ2) is 9.74. The number of hydrogen-bond donors (Lipinski definition) is 2. The van der Waals surface area contributed by atoms with E-state index in [-0.39, 0.29) is 23.6 Å². The molecule has 0 bridgehead atoms. The van der Waals surface area contributed by atoms with E-state index in [2.05, 4.69) is 10.0 Å². The molecule has 0 fully saturated rings. The second-order valence-corrected chi connectivity index (χ2v) is 7.73. The number of nitrogens with one attached hydrogen (secondary N) is 2. The Morgan fingerprint density at radius 3 is 2.25 bits per heavy atom. The van der Waals surface area contributed by atoms with Crippen LogP contribution in [0, 0.1) is 0 Å². The number of ether oxygens (including phenoxy) is 3. The summed E-state index contributed by atoms with van der Waals surface area (Å²) in [6.07, 6.45) is 0. The van der Waals surface area contributed by atoms with Crippen molar-refractivity contribution >= 4 is 33.2 Å². The van der Waals surface area contributed by atoms with Crippen molar-refractivity contribution in [3.63, 3.8) is 0 Å². The molecule has 2 aromatic rings. The Morgan fingerprint density at radius 1 is 1.04 bits per heavy atom. The minimum absolute atomic E-state index is 0.0471. The van der Waals surface area contributed by atoms with Gasteiger partial charge in [0.1, 0.15) is 11.5 Å². The summed E-state index contributed by atoms with van der Waals surface area (Å²) >= 11 is 6.05. The topological polar surface area (TPSA) is 103 Å². The molecule has 0 aliphatic heterocycles. The highest BCUT2D eigenvalue weighted by atomic mass is 35.5. The van der Waals surface area contributed by atoms with E-state index >= 15 is 0 Å². The molecule has 2 aromatic carbocycles. The van der Waals surface area contributed by atoms with Crippen molar-refractivity contribution in [1.82, 2.24) is 4.72 Å². The lowest BCUT2D eigenvalue weighted by molar-refractivity contribution is 0.102. The van der Waals surface area contributed by atoms with Crippen molar-refractivity contribution in [3.8, 4) is 11.5 Å². The number of amides is 1. The Kier molecular flexibility index (Phi) is 7.64. The second-order valence-electron chi connectivity index (χ2n) is 5.56. The Hall–Kier alpha value is -2.33. The SMILES string of the molecule is COCCNS(=O)(=O)c1ccc(C(=O)Nc2cc(OC)c(Cl)cc2OC)cc1. The third-order valence-corrected chi connectivity index (χ3v) is 5.52. The van der Waals surface area contributed by atoms with E-state index in [9.17, 15) is 13.2 Å². The van der Waals surface area contributed by atoms with E-state index in [1.165, 1.54) is 57.7 Å². The van der Waals surface area contributed by atoms with Gasteiger partial charge in [-0.15, -0.1) is 0 Å². The first kappa shape index (κ1) is 22.0. The Labute approximate surface area is 168 Å². The quantitative estimate of drug-likeness (QED) is 0.595. The zero-order valence-corrected chi connectivity index (χ0v) is 17.2. The zero-order chi connectivity index (χ0) is 20.7. The van der Waals surface area contributed by atoms with Gasteiger partial charge in [-0.25, -0.2) is 13.1 Å². The highest BCUT2D eigenvalue weighted by Gasteiger charge is 2.16. The maximum atomic E-state index is 12.5. The largest absolute Gasteiger partial charge is 0.495 e. The van der Waals surface area contributed by atoms with E-state index in [1.54, 1.807) is 0 Å². The van der Waals surface area contributed by atoms with Gasteiger partial charge in [0, 0.05) is 31.4 Å². The van der Waals surface area contributed by atoms with Crippen molar-refractivity contribution in [3.05, 3.63) is 47.0 Å². The molecule has 0 aliphatic carbocycles. The highest BCUT2D eigenvalue weighted by molar-refractivity contribution is 7.89. The molecule has 0 unspecified atom stereocenters. The number of hydrogen-bond acceptors (Lipinski definition) is 6. The molecular weight excluding hydrogens is 408 g/mol. The lowest BCUT2D eigenvalue weighted by Gasteiger charge is -2.13. The third-order valence-electron chi connectivity index (χ3n) is 3.75. The number of methoxy groups -OCH3 is 3. The number of carbonyl (C=O) groups excluding carboxylic acids is 1. The lowest BCUT2D eigenvalue weighted by Crippen LogP contribution is -2.27. The normalized spacial score (nSPS) is 11.1. The molecule has 0 aliphatic rings. The summed E-state index contributed by atoms with van der Waals surface area (Å²) < 4.78 is 41.9.